The zero-order valence-electron chi connectivity index (χ0n) is 14.1. The first-order valence-electron chi connectivity index (χ1n) is 8.52. The van der Waals surface area contributed by atoms with Crippen LogP contribution in [0.15, 0.2) is 12.4 Å². The van der Waals surface area contributed by atoms with E-state index < -0.39 is 29.4 Å². The molecule has 0 aromatic carbocycles. The maximum absolute atomic E-state index is 12.2. The van der Waals surface area contributed by atoms with Gasteiger partial charge in [0, 0.05) is 5.92 Å². The molecule has 0 radical (unpaired) electrons. The van der Waals surface area contributed by atoms with E-state index in [4.69, 9.17) is 32.7 Å². The third kappa shape index (κ3) is 1.94. The number of aliphatic carboxylic acids is 1. The standard InChI is InChI=1S/C17H17Cl2N3O4/c1-16(2)25-12-11(7-3-4-17(7,15(23)24)13(12)26-16)22-6-20-10-8(18)5-9(19)21-14(10)22/h5-7,11-13H,3-4H2,1-2H3,(H,23,24)/t7-,11-,12+,13+,17+/m1/s1. The second-order valence-corrected chi connectivity index (χ2v) is 8.55. The molecule has 1 aliphatic heterocycles. The summed E-state index contributed by atoms with van der Waals surface area (Å²) in [6.07, 6.45) is 2.10. The number of nitrogens with zero attached hydrogens (tertiary/aromatic N) is 3. The summed E-state index contributed by atoms with van der Waals surface area (Å²) < 4.78 is 14.1. The topological polar surface area (TPSA) is 86.5 Å². The third-order valence-electron chi connectivity index (χ3n) is 6.09. The van der Waals surface area contributed by atoms with E-state index in [0.29, 0.717) is 22.6 Å². The Balaban J connectivity index is 1.69. The number of hydrogen-bond acceptors (Lipinski definition) is 5. The minimum Gasteiger partial charge on any atom is -0.481 e. The first-order valence-corrected chi connectivity index (χ1v) is 9.28. The number of ether oxygens (including phenoxy) is 2. The first kappa shape index (κ1) is 16.7. The Kier molecular flexibility index (Phi) is 3.28. The maximum atomic E-state index is 12.2. The minimum atomic E-state index is -0.942. The Morgan fingerprint density at radius 1 is 1.38 bits per heavy atom. The molecule has 138 valence electrons. The van der Waals surface area contributed by atoms with E-state index >= 15 is 0 Å². The molecule has 0 bridgehead atoms. The van der Waals surface area contributed by atoms with Gasteiger partial charge in [0.05, 0.1) is 17.4 Å². The molecule has 9 heteroatoms. The smallest absolute Gasteiger partial charge is 0.312 e. The highest BCUT2D eigenvalue weighted by Crippen LogP contribution is 2.66. The van der Waals surface area contributed by atoms with Gasteiger partial charge in [-0.2, -0.15) is 0 Å². The van der Waals surface area contributed by atoms with Crippen LogP contribution in [0.1, 0.15) is 32.7 Å². The monoisotopic (exact) mass is 397 g/mol. The molecule has 2 aromatic heterocycles. The van der Waals surface area contributed by atoms with Crippen LogP contribution >= 0.6 is 23.2 Å². The number of pyridine rings is 1. The van der Waals surface area contributed by atoms with Crippen molar-refractivity contribution in [1.82, 2.24) is 14.5 Å². The summed E-state index contributed by atoms with van der Waals surface area (Å²) >= 11 is 12.3. The summed E-state index contributed by atoms with van der Waals surface area (Å²) in [5, 5.41) is 10.7. The van der Waals surface area contributed by atoms with E-state index in [1.165, 1.54) is 0 Å². The highest BCUT2D eigenvalue weighted by molar-refractivity contribution is 6.37. The molecule has 3 aliphatic rings. The van der Waals surface area contributed by atoms with Crippen molar-refractivity contribution in [2.45, 2.75) is 50.7 Å². The van der Waals surface area contributed by atoms with Gasteiger partial charge in [-0.25, -0.2) is 9.97 Å². The number of imidazole rings is 1. The summed E-state index contributed by atoms with van der Waals surface area (Å²) in [6, 6.07) is 1.29. The summed E-state index contributed by atoms with van der Waals surface area (Å²) in [6.45, 7) is 3.62. The SMILES string of the molecule is CC1(C)O[C@H]2[C@H](n3cnc4c(Cl)cc(Cl)nc43)[C@H]3CC[C@@]3(C(=O)O)[C@H]2O1. The molecule has 0 spiro atoms. The molecular weight excluding hydrogens is 381 g/mol. The quantitative estimate of drug-likeness (QED) is 0.782. The third-order valence-corrected chi connectivity index (χ3v) is 6.57. The molecular formula is C17H17Cl2N3O4. The summed E-state index contributed by atoms with van der Waals surface area (Å²) in [5.74, 6) is -1.79. The van der Waals surface area contributed by atoms with Gasteiger partial charge in [0.1, 0.15) is 28.3 Å². The molecule has 2 saturated carbocycles. The van der Waals surface area contributed by atoms with Crippen LogP contribution in [0.2, 0.25) is 10.2 Å². The van der Waals surface area contributed by atoms with E-state index in [0.717, 1.165) is 6.42 Å². The van der Waals surface area contributed by atoms with E-state index in [1.807, 2.05) is 18.4 Å². The van der Waals surface area contributed by atoms with Crippen molar-refractivity contribution < 1.29 is 19.4 Å². The molecule has 26 heavy (non-hydrogen) atoms. The number of halogens is 2. The van der Waals surface area contributed by atoms with Crippen LogP contribution in [0.5, 0.6) is 0 Å². The Labute approximate surface area is 159 Å². The van der Waals surface area contributed by atoms with E-state index in [-0.39, 0.29) is 17.1 Å². The largest absolute Gasteiger partial charge is 0.481 e. The first-order chi connectivity index (χ1) is 12.2. The van der Waals surface area contributed by atoms with Crippen molar-refractivity contribution in [1.29, 1.82) is 0 Å². The van der Waals surface area contributed by atoms with Crippen molar-refractivity contribution in [3.05, 3.63) is 22.6 Å². The van der Waals surface area contributed by atoms with Crippen LogP contribution in [0, 0.1) is 11.3 Å². The fourth-order valence-electron chi connectivity index (χ4n) is 5.01. The van der Waals surface area contributed by atoms with Gasteiger partial charge in [0.15, 0.2) is 11.4 Å². The van der Waals surface area contributed by atoms with E-state index in [1.54, 1.807) is 12.4 Å². The Morgan fingerprint density at radius 2 is 2.15 bits per heavy atom. The number of aromatic nitrogens is 3. The fraction of sp³-hybridized carbons (Fsp3) is 0.588. The predicted octanol–water partition coefficient (Wildman–Crippen LogP) is 3.29. The number of fused-ring (bicyclic) bond motifs is 4. The Bertz CT molecular complexity index is 945. The van der Waals surface area contributed by atoms with Crippen LogP contribution in [0.4, 0.5) is 0 Å². The lowest BCUT2D eigenvalue weighted by Crippen LogP contribution is -2.52. The zero-order chi connectivity index (χ0) is 18.4. The molecule has 1 N–H and O–H groups in total. The maximum Gasteiger partial charge on any atom is 0.312 e. The molecule has 3 fully saturated rings. The Hall–Kier alpha value is -1.41. The lowest BCUT2D eigenvalue weighted by Gasteiger charge is -2.46. The van der Waals surface area contributed by atoms with Crippen molar-refractivity contribution in [2.24, 2.45) is 11.3 Å². The molecule has 2 aliphatic carbocycles. The lowest BCUT2D eigenvalue weighted by molar-refractivity contribution is -0.202. The average Bonchev–Trinajstić information content (AvgIpc) is 3.08. The molecule has 0 amide bonds. The van der Waals surface area contributed by atoms with Crippen LogP contribution < -0.4 is 0 Å². The lowest BCUT2D eigenvalue weighted by atomic mass is 9.60. The molecule has 5 atom stereocenters. The van der Waals surface area contributed by atoms with Gasteiger partial charge in [-0.05, 0) is 32.8 Å². The van der Waals surface area contributed by atoms with E-state index in [9.17, 15) is 9.90 Å². The second-order valence-electron chi connectivity index (χ2n) is 7.75. The van der Waals surface area contributed by atoms with Crippen LogP contribution in [-0.2, 0) is 14.3 Å². The van der Waals surface area contributed by atoms with Gasteiger partial charge >= 0.3 is 5.97 Å². The van der Waals surface area contributed by atoms with Gasteiger partial charge in [-0.15, -0.1) is 0 Å². The van der Waals surface area contributed by atoms with Gasteiger partial charge in [0.2, 0.25) is 0 Å². The summed E-state index contributed by atoms with van der Waals surface area (Å²) in [5.41, 5.74) is 0.132. The summed E-state index contributed by atoms with van der Waals surface area (Å²) in [7, 11) is 0. The van der Waals surface area contributed by atoms with Gasteiger partial charge in [0.25, 0.3) is 0 Å². The molecule has 0 unspecified atom stereocenters. The Morgan fingerprint density at radius 3 is 2.81 bits per heavy atom. The number of carboxylic acid groups (broad SMARTS) is 1. The average molecular weight is 398 g/mol. The predicted molar refractivity (Wildman–Crippen MR) is 93.2 cm³/mol. The molecule has 1 saturated heterocycles. The van der Waals surface area contributed by atoms with E-state index in [2.05, 4.69) is 9.97 Å². The summed E-state index contributed by atoms with van der Waals surface area (Å²) in [4.78, 5) is 21.0. The molecule has 2 aromatic rings. The molecule has 3 heterocycles. The van der Waals surface area contributed by atoms with Crippen molar-refractivity contribution in [2.75, 3.05) is 0 Å². The highest BCUT2D eigenvalue weighted by Gasteiger charge is 2.74. The number of carboxylic acids is 1. The van der Waals surface area contributed by atoms with Crippen LogP contribution in [0.25, 0.3) is 11.2 Å². The number of hydrogen-bond donors (Lipinski definition) is 1. The zero-order valence-corrected chi connectivity index (χ0v) is 15.7. The van der Waals surface area contributed by atoms with Crippen LogP contribution in [-0.4, -0.2) is 43.6 Å². The van der Waals surface area contributed by atoms with Gasteiger partial charge in [-0.3, -0.25) is 4.79 Å². The second kappa shape index (κ2) is 5.10. The number of carbonyl (C=O) groups is 1. The molecule has 5 rings (SSSR count). The van der Waals surface area contributed by atoms with Crippen molar-refractivity contribution >= 4 is 40.3 Å². The fourth-order valence-corrected chi connectivity index (χ4v) is 5.50. The number of rotatable bonds is 2. The highest BCUT2D eigenvalue weighted by atomic mass is 35.5. The van der Waals surface area contributed by atoms with Crippen LogP contribution in [0.3, 0.4) is 0 Å². The van der Waals surface area contributed by atoms with Gasteiger partial charge in [-0.1, -0.05) is 23.2 Å². The van der Waals surface area contributed by atoms with Crippen molar-refractivity contribution in [3.8, 4) is 0 Å². The minimum absolute atomic E-state index is 0.122. The van der Waals surface area contributed by atoms with Gasteiger partial charge < -0.3 is 19.1 Å². The van der Waals surface area contributed by atoms with Crippen molar-refractivity contribution in [3.63, 3.8) is 0 Å². The normalized spacial score (nSPS) is 37.4. The molecule has 7 nitrogen and oxygen atoms in total.